The Balaban J connectivity index is 2.88. The number of hydrogen-bond acceptors (Lipinski definition) is 3. The molecule has 0 aliphatic carbocycles. The quantitative estimate of drug-likeness (QED) is 0.583. The van der Waals surface area contributed by atoms with Crippen LogP contribution in [0.1, 0.15) is 31.7 Å². The van der Waals surface area contributed by atoms with Gasteiger partial charge < -0.3 is 9.53 Å². The Bertz CT molecular complexity index is 448. The molecule has 19 heavy (non-hydrogen) atoms. The third-order valence-electron chi connectivity index (χ3n) is 3.11. The van der Waals surface area contributed by atoms with Gasteiger partial charge in [0.1, 0.15) is 5.78 Å². The van der Waals surface area contributed by atoms with Crippen LogP contribution >= 0.6 is 0 Å². The lowest BCUT2D eigenvalue weighted by atomic mass is 9.83. The topological polar surface area (TPSA) is 43.4 Å². The predicted molar refractivity (Wildman–Crippen MR) is 74.8 cm³/mol. The van der Waals surface area contributed by atoms with Crippen molar-refractivity contribution in [3.8, 4) is 0 Å². The van der Waals surface area contributed by atoms with Crippen molar-refractivity contribution in [2.45, 2.75) is 26.2 Å². The van der Waals surface area contributed by atoms with Gasteiger partial charge in [-0.15, -0.1) is 0 Å². The zero-order valence-electron chi connectivity index (χ0n) is 11.6. The van der Waals surface area contributed by atoms with Gasteiger partial charge in [0.2, 0.25) is 0 Å². The van der Waals surface area contributed by atoms with Crippen LogP contribution < -0.4 is 0 Å². The first-order chi connectivity index (χ1) is 9.04. The summed E-state index contributed by atoms with van der Waals surface area (Å²) in [5.74, 6) is -0.0568. The molecule has 3 nitrogen and oxygen atoms in total. The number of carbonyl (C=O) groups excluding carboxylic acids is 2. The van der Waals surface area contributed by atoms with Crippen LogP contribution in [0.2, 0.25) is 0 Å². The molecule has 2 atom stereocenters. The number of methoxy groups -OCH3 is 1. The molecule has 0 bridgehead atoms. The van der Waals surface area contributed by atoms with Crippen LogP contribution in [0.5, 0.6) is 0 Å². The van der Waals surface area contributed by atoms with Crippen LogP contribution in [0.15, 0.2) is 42.5 Å². The molecule has 0 heterocycles. The van der Waals surface area contributed by atoms with Gasteiger partial charge in [-0.05, 0) is 24.3 Å². The molecule has 0 aliphatic heterocycles. The summed E-state index contributed by atoms with van der Waals surface area (Å²) in [6.45, 7) is 3.59. The smallest absolute Gasteiger partial charge is 0.330 e. The molecular weight excluding hydrogens is 240 g/mol. The maximum absolute atomic E-state index is 11.4. The molecule has 0 amide bonds. The van der Waals surface area contributed by atoms with Crippen LogP contribution in [-0.4, -0.2) is 18.9 Å². The maximum atomic E-state index is 11.4. The van der Waals surface area contributed by atoms with E-state index >= 15 is 0 Å². The molecule has 1 aromatic carbocycles. The number of carbonyl (C=O) groups is 2. The monoisotopic (exact) mass is 260 g/mol. The summed E-state index contributed by atoms with van der Waals surface area (Å²) < 4.78 is 4.57. The van der Waals surface area contributed by atoms with E-state index in [1.54, 1.807) is 13.0 Å². The molecule has 0 radical (unpaired) electrons. The van der Waals surface area contributed by atoms with E-state index in [4.69, 9.17) is 0 Å². The summed E-state index contributed by atoms with van der Waals surface area (Å²) in [5, 5.41) is 0. The van der Waals surface area contributed by atoms with Crippen molar-refractivity contribution >= 4 is 11.8 Å². The molecule has 0 aromatic heterocycles. The number of ether oxygens (including phenoxy) is 1. The van der Waals surface area contributed by atoms with Crippen molar-refractivity contribution in [2.75, 3.05) is 7.11 Å². The second-order valence-electron chi connectivity index (χ2n) is 4.66. The summed E-state index contributed by atoms with van der Waals surface area (Å²) in [5.41, 5.74) is 1.11. The molecule has 0 aliphatic rings. The standard InChI is InChI=1S/C16H20O3/c1-12(9-10-16(18)19-3)15(11-13(2)17)14-7-5-4-6-8-14/h4-10,12,15H,11H2,1-3H3/b10-9+/t12-,15-/m0/s1. The number of hydrogen-bond donors (Lipinski definition) is 0. The van der Waals surface area contributed by atoms with E-state index in [9.17, 15) is 9.59 Å². The third kappa shape index (κ3) is 5.08. The fourth-order valence-electron chi connectivity index (χ4n) is 2.05. The normalized spacial score (nSPS) is 14.1. The van der Waals surface area contributed by atoms with E-state index in [2.05, 4.69) is 4.74 Å². The molecule has 1 rings (SSSR count). The SMILES string of the molecule is COC(=O)/C=C/[C@H](C)[C@H](CC(C)=O)c1ccccc1. The van der Waals surface area contributed by atoms with Crippen LogP contribution in [0.3, 0.4) is 0 Å². The van der Waals surface area contributed by atoms with Crippen molar-refractivity contribution in [1.82, 2.24) is 0 Å². The highest BCUT2D eigenvalue weighted by atomic mass is 16.5. The van der Waals surface area contributed by atoms with E-state index < -0.39 is 0 Å². The van der Waals surface area contributed by atoms with E-state index in [1.165, 1.54) is 13.2 Å². The van der Waals surface area contributed by atoms with Gasteiger partial charge in [0, 0.05) is 12.5 Å². The number of ketones is 1. The highest BCUT2D eigenvalue weighted by Crippen LogP contribution is 2.29. The Labute approximate surface area is 114 Å². The average molecular weight is 260 g/mol. The first-order valence-corrected chi connectivity index (χ1v) is 6.35. The molecule has 3 heteroatoms. The van der Waals surface area contributed by atoms with E-state index in [1.807, 2.05) is 37.3 Å². The summed E-state index contributed by atoms with van der Waals surface area (Å²) in [6.07, 6.45) is 3.68. The van der Waals surface area contributed by atoms with E-state index in [0.717, 1.165) is 5.56 Å². The summed E-state index contributed by atoms with van der Waals surface area (Å²) in [4.78, 5) is 22.5. The molecule has 0 saturated heterocycles. The van der Waals surface area contributed by atoms with Gasteiger partial charge in [0.15, 0.2) is 0 Å². The van der Waals surface area contributed by atoms with Crippen LogP contribution in [-0.2, 0) is 14.3 Å². The van der Waals surface area contributed by atoms with Gasteiger partial charge in [0.05, 0.1) is 7.11 Å². The highest BCUT2D eigenvalue weighted by molar-refractivity contribution is 5.81. The molecule has 0 saturated carbocycles. The second-order valence-corrected chi connectivity index (χ2v) is 4.66. The molecule has 0 N–H and O–H groups in total. The van der Waals surface area contributed by atoms with Gasteiger partial charge in [-0.3, -0.25) is 0 Å². The maximum Gasteiger partial charge on any atom is 0.330 e. The lowest BCUT2D eigenvalue weighted by Crippen LogP contribution is -2.12. The Morgan fingerprint density at radius 2 is 1.89 bits per heavy atom. The van der Waals surface area contributed by atoms with Gasteiger partial charge >= 0.3 is 5.97 Å². The van der Waals surface area contributed by atoms with Crippen molar-refractivity contribution in [1.29, 1.82) is 0 Å². The highest BCUT2D eigenvalue weighted by Gasteiger charge is 2.19. The Morgan fingerprint density at radius 1 is 1.26 bits per heavy atom. The molecule has 0 spiro atoms. The van der Waals surface area contributed by atoms with Crippen molar-refractivity contribution in [2.24, 2.45) is 5.92 Å². The zero-order chi connectivity index (χ0) is 14.3. The van der Waals surface area contributed by atoms with Crippen LogP contribution in [0.25, 0.3) is 0 Å². The summed E-state index contributed by atoms with van der Waals surface area (Å²) in [6, 6.07) is 9.88. The molecule has 0 fully saturated rings. The Hall–Kier alpha value is -1.90. The van der Waals surface area contributed by atoms with Gasteiger partial charge in [-0.2, -0.15) is 0 Å². The zero-order valence-corrected chi connectivity index (χ0v) is 11.6. The first kappa shape index (κ1) is 15.2. The van der Waals surface area contributed by atoms with E-state index in [0.29, 0.717) is 6.42 Å². The molecule has 0 unspecified atom stereocenters. The van der Waals surface area contributed by atoms with E-state index in [-0.39, 0.29) is 23.6 Å². The van der Waals surface area contributed by atoms with Crippen molar-refractivity contribution < 1.29 is 14.3 Å². The minimum atomic E-state index is -0.374. The van der Waals surface area contributed by atoms with Crippen LogP contribution in [0, 0.1) is 5.92 Å². The largest absolute Gasteiger partial charge is 0.466 e. The Kier molecular flexibility index (Phi) is 6.00. The average Bonchev–Trinajstić information content (AvgIpc) is 2.42. The number of allylic oxidation sites excluding steroid dienone is 1. The predicted octanol–water partition coefficient (Wildman–Crippen LogP) is 3.11. The molecule has 102 valence electrons. The fourth-order valence-corrected chi connectivity index (χ4v) is 2.05. The van der Waals surface area contributed by atoms with Gasteiger partial charge in [-0.1, -0.05) is 43.3 Å². The second kappa shape index (κ2) is 7.52. The lowest BCUT2D eigenvalue weighted by Gasteiger charge is -2.20. The summed E-state index contributed by atoms with van der Waals surface area (Å²) >= 11 is 0. The van der Waals surface area contributed by atoms with Crippen molar-refractivity contribution in [3.05, 3.63) is 48.0 Å². The fraction of sp³-hybridized carbons (Fsp3) is 0.375. The minimum absolute atomic E-state index is 0.0830. The third-order valence-corrected chi connectivity index (χ3v) is 3.11. The van der Waals surface area contributed by atoms with Crippen LogP contribution in [0.4, 0.5) is 0 Å². The number of esters is 1. The minimum Gasteiger partial charge on any atom is -0.466 e. The lowest BCUT2D eigenvalue weighted by molar-refractivity contribution is -0.134. The number of rotatable bonds is 6. The van der Waals surface area contributed by atoms with Gasteiger partial charge in [-0.25, -0.2) is 4.79 Å². The molecular formula is C16H20O3. The number of benzene rings is 1. The first-order valence-electron chi connectivity index (χ1n) is 6.35. The molecule has 1 aromatic rings. The Morgan fingerprint density at radius 3 is 2.42 bits per heavy atom. The van der Waals surface area contributed by atoms with Crippen molar-refractivity contribution in [3.63, 3.8) is 0 Å². The number of Topliss-reactive ketones (excluding diaryl/α,β-unsaturated/α-hetero) is 1. The van der Waals surface area contributed by atoms with Gasteiger partial charge in [0.25, 0.3) is 0 Å². The summed E-state index contributed by atoms with van der Waals surface area (Å²) in [7, 11) is 1.35.